The zero-order valence-electron chi connectivity index (χ0n) is 9.80. The van der Waals surface area contributed by atoms with Crippen LogP contribution >= 0.6 is 11.8 Å². The second kappa shape index (κ2) is 4.70. The highest BCUT2D eigenvalue weighted by Gasteiger charge is 2.17. The third-order valence-electron chi connectivity index (χ3n) is 3.32. The summed E-state index contributed by atoms with van der Waals surface area (Å²) in [5.41, 5.74) is 9.04. The molecule has 1 aliphatic heterocycles. The number of fused-ring (bicyclic) bond motifs is 1. The van der Waals surface area contributed by atoms with Gasteiger partial charge in [-0.25, -0.2) is 4.98 Å². The molecule has 1 atom stereocenters. The second-order valence-corrected chi connectivity index (χ2v) is 5.82. The number of thioether (sulfide) groups is 1. The standard InChI is InChI=1S/C13H17N3S/c14-6-11-1-2-13-15-12(8-16(13)7-11)5-10-3-4-17-9-10/h1-2,7-8,10H,3-6,9,14H2. The number of hydrogen-bond donors (Lipinski definition) is 1. The molecular formula is C13H17N3S. The molecule has 3 heterocycles. The molecule has 0 aromatic carbocycles. The minimum atomic E-state index is 0.586. The van der Waals surface area contributed by atoms with Gasteiger partial charge in [-0.15, -0.1) is 0 Å². The summed E-state index contributed by atoms with van der Waals surface area (Å²) in [7, 11) is 0. The summed E-state index contributed by atoms with van der Waals surface area (Å²) in [4.78, 5) is 4.66. The molecular weight excluding hydrogens is 230 g/mol. The van der Waals surface area contributed by atoms with Crippen molar-refractivity contribution in [3.63, 3.8) is 0 Å². The second-order valence-electron chi connectivity index (χ2n) is 4.67. The summed E-state index contributed by atoms with van der Waals surface area (Å²) in [6, 6.07) is 4.10. The number of pyridine rings is 1. The molecule has 1 aliphatic rings. The summed E-state index contributed by atoms with van der Waals surface area (Å²) in [6.07, 6.45) is 6.69. The predicted molar refractivity (Wildman–Crippen MR) is 72.2 cm³/mol. The number of rotatable bonds is 3. The maximum Gasteiger partial charge on any atom is 0.136 e. The van der Waals surface area contributed by atoms with E-state index in [2.05, 4.69) is 45.7 Å². The Morgan fingerprint density at radius 3 is 3.12 bits per heavy atom. The Labute approximate surface area is 105 Å². The van der Waals surface area contributed by atoms with Gasteiger partial charge in [-0.05, 0) is 41.9 Å². The number of aromatic nitrogens is 2. The van der Waals surface area contributed by atoms with Gasteiger partial charge in [-0.1, -0.05) is 6.07 Å². The SMILES string of the molecule is NCc1ccc2nc(CC3CCSC3)cn2c1. The van der Waals surface area contributed by atoms with Gasteiger partial charge in [0.05, 0.1) is 5.69 Å². The molecule has 0 saturated carbocycles. The van der Waals surface area contributed by atoms with E-state index in [1.807, 2.05) is 0 Å². The van der Waals surface area contributed by atoms with Crippen molar-refractivity contribution in [2.45, 2.75) is 19.4 Å². The van der Waals surface area contributed by atoms with Gasteiger partial charge in [0.25, 0.3) is 0 Å². The lowest BCUT2D eigenvalue weighted by atomic mass is 10.0. The highest BCUT2D eigenvalue weighted by molar-refractivity contribution is 7.99. The first kappa shape index (κ1) is 11.1. The molecule has 90 valence electrons. The smallest absolute Gasteiger partial charge is 0.136 e. The Balaban J connectivity index is 1.85. The van der Waals surface area contributed by atoms with Crippen LogP contribution in [0.1, 0.15) is 17.7 Å². The summed E-state index contributed by atoms with van der Waals surface area (Å²) in [6.45, 7) is 0.586. The highest BCUT2D eigenvalue weighted by Crippen LogP contribution is 2.26. The van der Waals surface area contributed by atoms with Crippen LogP contribution in [0.15, 0.2) is 24.5 Å². The fourth-order valence-corrected chi connectivity index (χ4v) is 3.63. The predicted octanol–water partition coefficient (Wildman–Crippen LogP) is 2.09. The van der Waals surface area contributed by atoms with E-state index in [0.29, 0.717) is 6.54 Å². The fraction of sp³-hybridized carbons (Fsp3) is 0.462. The van der Waals surface area contributed by atoms with Crippen LogP contribution in [0.4, 0.5) is 0 Å². The van der Waals surface area contributed by atoms with Crippen LogP contribution < -0.4 is 5.73 Å². The Morgan fingerprint density at radius 2 is 2.35 bits per heavy atom. The van der Waals surface area contributed by atoms with Crippen molar-refractivity contribution in [2.75, 3.05) is 11.5 Å². The molecule has 0 spiro atoms. The van der Waals surface area contributed by atoms with Crippen molar-refractivity contribution in [1.29, 1.82) is 0 Å². The molecule has 17 heavy (non-hydrogen) atoms. The van der Waals surface area contributed by atoms with Crippen LogP contribution in [-0.4, -0.2) is 20.9 Å². The number of nitrogens with zero attached hydrogens (tertiary/aromatic N) is 2. The van der Waals surface area contributed by atoms with Gasteiger partial charge in [-0.3, -0.25) is 0 Å². The Kier molecular flexibility index (Phi) is 3.07. The van der Waals surface area contributed by atoms with Gasteiger partial charge < -0.3 is 10.1 Å². The fourth-order valence-electron chi connectivity index (χ4n) is 2.35. The van der Waals surface area contributed by atoms with Gasteiger partial charge in [-0.2, -0.15) is 11.8 Å². The minimum Gasteiger partial charge on any atom is -0.326 e. The van der Waals surface area contributed by atoms with Crippen molar-refractivity contribution < 1.29 is 0 Å². The van der Waals surface area contributed by atoms with Crippen molar-refractivity contribution in [3.05, 3.63) is 35.8 Å². The van der Waals surface area contributed by atoms with Crippen molar-refractivity contribution in [1.82, 2.24) is 9.38 Å². The molecule has 2 aromatic heterocycles. The molecule has 2 N–H and O–H groups in total. The molecule has 0 bridgehead atoms. The molecule has 0 amide bonds. The van der Waals surface area contributed by atoms with E-state index < -0.39 is 0 Å². The monoisotopic (exact) mass is 247 g/mol. The number of imidazole rings is 1. The van der Waals surface area contributed by atoms with Gasteiger partial charge in [0.15, 0.2) is 0 Å². The van der Waals surface area contributed by atoms with Crippen LogP contribution in [0.5, 0.6) is 0 Å². The third kappa shape index (κ3) is 2.33. The highest BCUT2D eigenvalue weighted by atomic mass is 32.2. The summed E-state index contributed by atoms with van der Waals surface area (Å²) >= 11 is 2.06. The average molecular weight is 247 g/mol. The minimum absolute atomic E-state index is 0.586. The van der Waals surface area contributed by atoms with Gasteiger partial charge in [0.2, 0.25) is 0 Å². The Hall–Kier alpha value is -1.00. The first-order chi connectivity index (χ1) is 8.35. The first-order valence-electron chi connectivity index (χ1n) is 6.09. The van der Waals surface area contributed by atoms with E-state index in [-0.39, 0.29) is 0 Å². The van der Waals surface area contributed by atoms with Gasteiger partial charge in [0.1, 0.15) is 5.65 Å². The molecule has 1 saturated heterocycles. The van der Waals surface area contributed by atoms with E-state index in [1.165, 1.54) is 23.6 Å². The van der Waals surface area contributed by atoms with Crippen LogP contribution in [-0.2, 0) is 13.0 Å². The van der Waals surface area contributed by atoms with E-state index in [9.17, 15) is 0 Å². The molecule has 3 rings (SSSR count). The van der Waals surface area contributed by atoms with Crippen LogP contribution in [0.3, 0.4) is 0 Å². The maximum atomic E-state index is 5.64. The molecule has 1 unspecified atom stereocenters. The lowest BCUT2D eigenvalue weighted by Gasteiger charge is -2.03. The van der Waals surface area contributed by atoms with E-state index >= 15 is 0 Å². The molecule has 0 aliphatic carbocycles. The van der Waals surface area contributed by atoms with Gasteiger partial charge in [0, 0.05) is 18.9 Å². The van der Waals surface area contributed by atoms with Crippen LogP contribution in [0.2, 0.25) is 0 Å². The lowest BCUT2D eigenvalue weighted by molar-refractivity contribution is 0.589. The van der Waals surface area contributed by atoms with Crippen molar-refractivity contribution in [3.8, 4) is 0 Å². The zero-order valence-corrected chi connectivity index (χ0v) is 10.6. The van der Waals surface area contributed by atoms with Crippen molar-refractivity contribution >= 4 is 17.4 Å². The molecule has 0 radical (unpaired) electrons. The largest absolute Gasteiger partial charge is 0.326 e. The Morgan fingerprint density at radius 1 is 1.41 bits per heavy atom. The normalized spacial score (nSPS) is 20.2. The summed E-state index contributed by atoms with van der Waals surface area (Å²) < 4.78 is 2.10. The molecule has 3 nitrogen and oxygen atoms in total. The van der Waals surface area contributed by atoms with E-state index in [4.69, 9.17) is 5.73 Å². The number of hydrogen-bond acceptors (Lipinski definition) is 3. The molecule has 2 aromatic rings. The van der Waals surface area contributed by atoms with E-state index in [0.717, 1.165) is 23.5 Å². The lowest BCUT2D eigenvalue weighted by Crippen LogP contribution is -2.02. The molecule has 4 heteroatoms. The zero-order chi connectivity index (χ0) is 11.7. The average Bonchev–Trinajstić information content (AvgIpc) is 2.96. The van der Waals surface area contributed by atoms with Crippen LogP contribution in [0, 0.1) is 5.92 Å². The molecule has 1 fully saturated rings. The summed E-state index contributed by atoms with van der Waals surface area (Å²) in [5, 5.41) is 0. The Bertz CT molecular complexity index is 514. The van der Waals surface area contributed by atoms with Gasteiger partial charge >= 0.3 is 0 Å². The maximum absolute atomic E-state index is 5.64. The third-order valence-corrected chi connectivity index (χ3v) is 4.55. The quantitative estimate of drug-likeness (QED) is 0.903. The van der Waals surface area contributed by atoms with Crippen LogP contribution in [0.25, 0.3) is 5.65 Å². The summed E-state index contributed by atoms with van der Waals surface area (Å²) in [5.74, 6) is 3.43. The van der Waals surface area contributed by atoms with Crippen molar-refractivity contribution in [2.24, 2.45) is 11.7 Å². The topological polar surface area (TPSA) is 43.3 Å². The number of nitrogens with two attached hydrogens (primary N) is 1. The first-order valence-corrected chi connectivity index (χ1v) is 7.25. The van der Waals surface area contributed by atoms with E-state index in [1.54, 1.807) is 0 Å².